The average molecular weight is 500 g/mol. The summed E-state index contributed by atoms with van der Waals surface area (Å²) in [5.74, 6) is 2.52. The van der Waals surface area contributed by atoms with E-state index >= 15 is 0 Å². The van der Waals surface area contributed by atoms with Gasteiger partial charge in [0.25, 0.3) is 0 Å². The summed E-state index contributed by atoms with van der Waals surface area (Å²) in [5.41, 5.74) is 0.934. The predicted molar refractivity (Wildman–Crippen MR) is 129 cm³/mol. The first-order valence-corrected chi connectivity index (χ1v) is 12.0. The number of thioether (sulfide) groups is 1. The minimum Gasteiger partial charge on any atom is -0.493 e. The van der Waals surface area contributed by atoms with E-state index in [4.69, 9.17) is 14.2 Å². The molecule has 0 fully saturated rings. The summed E-state index contributed by atoms with van der Waals surface area (Å²) in [5, 5.41) is 21.3. The highest BCUT2D eigenvalue weighted by molar-refractivity contribution is 7.98. The van der Waals surface area contributed by atoms with E-state index in [0.717, 1.165) is 19.4 Å². The average Bonchev–Trinajstić information content (AvgIpc) is 3.52. The highest BCUT2D eigenvalue weighted by Crippen LogP contribution is 2.42. The van der Waals surface area contributed by atoms with E-state index in [-0.39, 0.29) is 0 Å². The van der Waals surface area contributed by atoms with Crippen LogP contribution in [0.25, 0.3) is 17.1 Å². The van der Waals surface area contributed by atoms with Gasteiger partial charge in [0.2, 0.25) is 5.75 Å². The molecular weight excluding hydrogens is 473 g/mol. The van der Waals surface area contributed by atoms with Gasteiger partial charge < -0.3 is 14.2 Å². The van der Waals surface area contributed by atoms with Gasteiger partial charge in [0.05, 0.1) is 32.8 Å². The first-order chi connectivity index (χ1) is 17.1. The second kappa shape index (κ2) is 11.2. The van der Waals surface area contributed by atoms with Crippen molar-refractivity contribution in [3.8, 4) is 34.3 Å². The minimum atomic E-state index is -0.407. The quantitative estimate of drug-likeness (QED) is 0.281. The van der Waals surface area contributed by atoms with Crippen LogP contribution in [0.1, 0.15) is 25.6 Å². The summed E-state index contributed by atoms with van der Waals surface area (Å²) < 4.78 is 34.8. The lowest BCUT2D eigenvalue weighted by atomic mass is 10.1. The Bertz CT molecular complexity index is 1270. The maximum atomic E-state index is 15.0. The molecule has 2 aromatic heterocycles. The number of aromatic nitrogens is 7. The number of benzene rings is 2. The van der Waals surface area contributed by atoms with Gasteiger partial charge in [-0.1, -0.05) is 37.2 Å². The van der Waals surface area contributed by atoms with Crippen molar-refractivity contribution in [3.05, 3.63) is 48.0 Å². The molecule has 0 spiro atoms. The molecule has 0 aliphatic heterocycles. The topological polar surface area (TPSA) is 102 Å². The molecule has 0 amide bonds. The van der Waals surface area contributed by atoms with Crippen LogP contribution in [-0.2, 0) is 12.3 Å². The van der Waals surface area contributed by atoms with Crippen LogP contribution >= 0.6 is 11.8 Å². The molecule has 0 N–H and O–H groups in total. The van der Waals surface area contributed by atoms with E-state index in [1.54, 1.807) is 39.6 Å². The summed E-state index contributed by atoms with van der Waals surface area (Å²) >= 11 is 1.37. The molecule has 4 aromatic rings. The van der Waals surface area contributed by atoms with E-state index in [9.17, 15) is 4.39 Å². The summed E-state index contributed by atoms with van der Waals surface area (Å²) in [6.07, 6.45) is 2.01. The first-order valence-electron chi connectivity index (χ1n) is 11.0. The SMILES string of the molecule is CCCCn1nnnc1CSc1nnc(-c2cc(OC)c(OC)c(OC)c2)n1-c1ccccc1F. The number of hydrogen-bond donors (Lipinski definition) is 0. The molecule has 2 aromatic carbocycles. The maximum absolute atomic E-state index is 15.0. The molecule has 0 saturated carbocycles. The number of tetrazole rings is 1. The second-order valence-electron chi connectivity index (χ2n) is 7.47. The van der Waals surface area contributed by atoms with E-state index in [1.807, 2.05) is 0 Å². The Labute approximate surface area is 206 Å². The number of rotatable bonds is 11. The minimum absolute atomic E-state index is 0.314. The van der Waals surface area contributed by atoms with Crippen LogP contribution < -0.4 is 14.2 Å². The summed E-state index contributed by atoms with van der Waals surface area (Å²) in [4.78, 5) is 0. The Hall–Kier alpha value is -3.67. The van der Waals surface area contributed by atoms with E-state index < -0.39 is 5.82 Å². The van der Waals surface area contributed by atoms with Crippen molar-refractivity contribution in [1.29, 1.82) is 0 Å². The van der Waals surface area contributed by atoms with Crippen LogP contribution in [0, 0.1) is 5.82 Å². The van der Waals surface area contributed by atoms with Gasteiger partial charge >= 0.3 is 0 Å². The fourth-order valence-electron chi connectivity index (χ4n) is 3.55. The van der Waals surface area contributed by atoms with Crippen LogP contribution in [0.5, 0.6) is 17.2 Å². The molecule has 184 valence electrons. The molecule has 4 rings (SSSR count). The van der Waals surface area contributed by atoms with Crippen molar-refractivity contribution >= 4 is 11.8 Å². The molecule has 10 nitrogen and oxygen atoms in total. The van der Waals surface area contributed by atoms with Gasteiger partial charge in [0, 0.05) is 12.1 Å². The molecule has 0 atom stereocenters. The zero-order chi connectivity index (χ0) is 24.8. The zero-order valence-electron chi connectivity index (χ0n) is 19.9. The monoisotopic (exact) mass is 499 g/mol. The normalized spacial score (nSPS) is 11.0. The van der Waals surface area contributed by atoms with E-state index in [0.29, 0.717) is 51.1 Å². The van der Waals surface area contributed by atoms with Crippen LogP contribution in [0.15, 0.2) is 41.6 Å². The number of halogens is 1. The van der Waals surface area contributed by atoms with Crippen LogP contribution in [-0.4, -0.2) is 56.3 Å². The van der Waals surface area contributed by atoms with Gasteiger partial charge in [0.15, 0.2) is 28.3 Å². The van der Waals surface area contributed by atoms with E-state index in [2.05, 4.69) is 32.6 Å². The Morgan fingerprint density at radius 1 is 0.971 bits per heavy atom. The van der Waals surface area contributed by atoms with Crippen LogP contribution in [0.2, 0.25) is 0 Å². The fourth-order valence-corrected chi connectivity index (χ4v) is 4.43. The van der Waals surface area contributed by atoms with Gasteiger partial charge in [0.1, 0.15) is 5.82 Å². The molecule has 0 unspecified atom stereocenters. The Balaban J connectivity index is 1.78. The number of hydrogen-bond acceptors (Lipinski definition) is 9. The van der Waals surface area contributed by atoms with Gasteiger partial charge in [-0.25, -0.2) is 9.07 Å². The zero-order valence-corrected chi connectivity index (χ0v) is 20.8. The maximum Gasteiger partial charge on any atom is 0.203 e. The van der Waals surface area contributed by atoms with Crippen molar-refractivity contribution in [2.45, 2.75) is 37.2 Å². The lowest BCUT2D eigenvalue weighted by Crippen LogP contribution is -2.06. The number of para-hydroxylation sites is 1. The van der Waals surface area contributed by atoms with Crippen molar-refractivity contribution in [1.82, 2.24) is 35.0 Å². The van der Waals surface area contributed by atoms with Crippen molar-refractivity contribution in [2.24, 2.45) is 0 Å². The first kappa shape index (κ1) is 24.5. The highest BCUT2D eigenvalue weighted by atomic mass is 32.2. The largest absolute Gasteiger partial charge is 0.493 e. The number of ether oxygens (including phenoxy) is 3. The Morgan fingerprint density at radius 2 is 1.71 bits per heavy atom. The molecular formula is C23H26FN7O3S. The van der Waals surface area contributed by atoms with Crippen molar-refractivity contribution in [3.63, 3.8) is 0 Å². The summed E-state index contributed by atoms with van der Waals surface area (Å²) in [6.45, 7) is 2.84. The third kappa shape index (κ3) is 5.06. The summed E-state index contributed by atoms with van der Waals surface area (Å²) in [7, 11) is 4.60. The third-order valence-corrected chi connectivity index (χ3v) is 6.23. The number of methoxy groups -OCH3 is 3. The lowest BCUT2D eigenvalue weighted by molar-refractivity contribution is 0.324. The molecule has 0 aliphatic rings. The van der Waals surface area contributed by atoms with Crippen molar-refractivity contribution in [2.75, 3.05) is 21.3 Å². The van der Waals surface area contributed by atoms with Crippen molar-refractivity contribution < 1.29 is 18.6 Å². The van der Waals surface area contributed by atoms with Gasteiger partial charge in [-0.05, 0) is 41.1 Å². The second-order valence-corrected chi connectivity index (χ2v) is 8.41. The fraction of sp³-hybridized carbons (Fsp3) is 0.348. The van der Waals surface area contributed by atoms with Crippen LogP contribution in [0.4, 0.5) is 4.39 Å². The molecule has 0 radical (unpaired) electrons. The standard InChI is InChI=1S/C23H26FN7O3S/c1-5-6-11-30-20(25-28-29-30)14-35-23-27-26-22(31(23)17-10-8-7-9-16(17)24)15-12-18(32-2)21(34-4)19(13-15)33-3/h7-10,12-13H,5-6,11,14H2,1-4H3. The molecule has 35 heavy (non-hydrogen) atoms. The Kier molecular flexibility index (Phi) is 7.80. The summed E-state index contributed by atoms with van der Waals surface area (Å²) in [6, 6.07) is 9.97. The predicted octanol–water partition coefficient (Wildman–Crippen LogP) is 4.18. The Morgan fingerprint density at radius 3 is 2.37 bits per heavy atom. The van der Waals surface area contributed by atoms with Crippen LogP contribution in [0.3, 0.4) is 0 Å². The van der Waals surface area contributed by atoms with Gasteiger partial charge in [-0.3, -0.25) is 4.57 Å². The lowest BCUT2D eigenvalue weighted by Gasteiger charge is -2.15. The number of aryl methyl sites for hydroxylation is 1. The third-order valence-electron chi connectivity index (χ3n) is 5.31. The highest BCUT2D eigenvalue weighted by Gasteiger charge is 2.22. The molecule has 0 bridgehead atoms. The molecule has 2 heterocycles. The smallest absolute Gasteiger partial charge is 0.203 e. The van der Waals surface area contributed by atoms with Gasteiger partial charge in [-0.2, -0.15) is 0 Å². The van der Waals surface area contributed by atoms with E-state index in [1.165, 1.54) is 39.2 Å². The molecule has 0 aliphatic carbocycles. The number of unbranched alkanes of at least 4 members (excludes halogenated alkanes) is 1. The van der Waals surface area contributed by atoms with Gasteiger partial charge in [-0.15, -0.1) is 15.3 Å². The number of nitrogens with zero attached hydrogens (tertiary/aromatic N) is 7. The molecule has 0 saturated heterocycles. The molecule has 12 heteroatoms.